The van der Waals surface area contributed by atoms with E-state index in [0.29, 0.717) is 0 Å². The first-order chi connectivity index (χ1) is 17.1. The van der Waals surface area contributed by atoms with Gasteiger partial charge in [0.1, 0.15) is 6.54 Å². The molecule has 0 amide bonds. The van der Waals surface area contributed by atoms with Gasteiger partial charge in [0.15, 0.2) is 0 Å². The molecule has 1 N–H and O–H groups in total. The number of nitrogens with zero attached hydrogens (tertiary/aromatic N) is 3. The van der Waals surface area contributed by atoms with Crippen LogP contribution in [0.3, 0.4) is 0 Å². The number of nitro benzene ring substituents is 1. The lowest BCUT2D eigenvalue weighted by Crippen LogP contribution is -2.37. The average molecular weight is 460 g/mol. The van der Waals surface area contributed by atoms with Crippen LogP contribution in [0.25, 0.3) is 44.8 Å². The lowest BCUT2D eigenvalue weighted by atomic mass is 10.1. The molecule has 0 spiro atoms. The second-order valence-corrected chi connectivity index (χ2v) is 8.56. The van der Waals surface area contributed by atoms with E-state index in [-0.39, 0.29) is 10.6 Å². The number of benzene rings is 3. The predicted molar refractivity (Wildman–Crippen MR) is 138 cm³/mol. The zero-order valence-corrected chi connectivity index (χ0v) is 19.2. The molecule has 0 atom stereocenters. The van der Waals surface area contributed by atoms with E-state index in [2.05, 4.69) is 94.0 Å². The molecule has 170 valence electrons. The number of aryl methyl sites for hydroxylation is 1. The fourth-order valence-electron chi connectivity index (χ4n) is 4.86. The summed E-state index contributed by atoms with van der Waals surface area (Å²) >= 11 is 0. The summed E-state index contributed by atoms with van der Waals surface area (Å²) in [5, 5.41) is 14.5. The zero-order valence-electron chi connectivity index (χ0n) is 19.2. The van der Waals surface area contributed by atoms with Crippen molar-refractivity contribution in [2.24, 2.45) is 0 Å². The second kappa shape index (κ2) is 8.25. The van der Waals surface area contributed by atoms with Gasteiger partial charge in [-0.2, -0.15) is 4.57 Å². The first kappa shape index (κ1) is 20.9. The number of hydrogen-bond donors (Lipinski definition) is 1. The number of nitro groups is 1. The van der Waals surface area contributed by atoms with Crippen LogP contribution in [0.5, 0.6) is 0 Å². The maximum Gasteiger partial charge on any atom is 0.269 e. The second-order valence-electron chi connectivity index (χ2n) is 8.56. The molecule has 1 aromatic heterocycles. The van der Waals surface area contributed by atoms with Gasteiger partial charge in [0, 0.05) is 53.5 Å². The Hall–Kier alpha value is -4.71. The minimum Gasteiger partial charge on any atom is -0.352 e. The van der Waals surface area contributed by atoms with Crippen molar-refractivity contribution >= 4 is 33.6 Å². The van der Waals surface area contributed by atoms with Gasteiger partial charge >= 0.3 is 0 Å². The Balaban J connectivity index is 1.53. The van der Waals surface area contributed by atoms with Crippen LogP contribution in [0.4, 0.5) is 5.69 Å². The monoisotopic (exact) mass is 459 g/mol. The van der Waals surface area contributed by atoms with Gasteiger partial charge in [-0.1, -0.05) is 24.3 Å². The molecule has 4 aromatic rings. The Morgan fingerprint density at radius 2 is 1.80 bits per heavy atom. The zero-order chi connectivity index (χ0) is 23.9. The van der Waals surface area contributed by atoms with Crippen LogP contribution >= 0.6 is 0 Å². The van der Waals surface area contributed by atoms with Crippen LogP contribution in [0, 0.1) is 10.1 Å². The summed E-state index contributed by atoms with van der Waals surface area (Å²) in [6.45, 7) is 3.05. The third kappa shape index (κ3) is 3.56. The number of aromatic amines is 1. The Morgan fingerprint density at radius 1 is 0.971 bits per heavy atom. The van der Waals surface area contributed by atoms with Crippen molar-refractivity contribution in [3.8, 4) is 16.9 Å². The van der Waals surface area contributed by atoms with Gasteiger partial charge in [0.25, 0.3) is 5.69 Å². The topological polar surface area (TPSA) is 67.7 Å². The van der Waals surface area contributed by atoms with Crippen LogP contribution in [0.1, 0.15) is 12.6 Å². The molecule has 0 radical (unpaired) electrons. The van der Waals surface area contributed by atoms with Crippen molar-refractivity contribution in [3.05, 3.63) is 118 Å². The van der Waals surface area contributed by atoms with E-state index >= 15 is 0 Å². The average Bonchev–Trinajstić information content (AvgIpc) is 2.90. The van der Waals surface area contributed by atoms with E-state index in [0.717, 1.165) is 45.3 Å². The van der Waals surface area contributed by atoms with E-state index < -0.39 is 0 Å². The van der Waals surface area contributed by atoms with Gasteiger partial charge in [0.2, 0.25) is 11.2 Å². The van der Waals surface area contributed by atoms with Crippen molar-refractivity contribution < 1.29 is 9.49 Å². The van der Waals surface area contributed by atoms with Crippen molar-refractivity contribution in [3.63, 3.8) is 0 Å². The fraction of sp³-hybridized carbons (Fsp3) is 0.0690. The molecule has 6 rings (SSSR count). The van der Waals surface area contributed by atoms with Crippen LogP contribution in [0.2, 0.25) is 0 Å². The molecule has 0 saturated heterocycles. The number of para-hydroxylation sites is 2. The molecule has 3 heterocycles. The number of hydrogen-bond acceptors (Lipinski definition) is 2. The molecular formula is C29H23N4O2+. The third-order valence-corrected chi connectivity index (χ3v) is 6.54. The standard InChI is InChI=1S/C29H23N4O2/c1-2-32-24(15-12-21-6-3-4-9-28(21)32)18-22-16-17-31-19-27(20-10-13-23(14-11-20)33(34)35)30-26-8-5-7-25(22)29(26)31/h3-19,30H,2H2,1H3/q+1. The Kier molecular flexibility index (Phi) is 4.92. The van der Waals surface area contributed by atoms with E-state index in [1.807, 2.05) is 6.20 Å². The molecule has 0 fully saturated rings. The molecule has 0 bridgehead atoms. The highest BCUT2D eigenvalue weighted by atomic mass is 16.6. The number of aromatic nitrogens is 3. The molecule has 35 heavy (non-hydrogen) atoms. The highest BCUT2D eigenvalue weighted by Crippen LogP contribution is 2.27. The number of H-pyrrole nitrogens is 1. The minimum absolute atomic E-state index is 0.0819. The van der Waals surface area contributed by atoms with Crippen LogP contribution in [-0.2, 0) is 6.54 Å². The molecule has 0 unspecified atom stereocenters. The Bertz CT molecular complexity index is 1760. The maximum absolute atomic E-state index is 11.0. The van der Waals surface area contributed by atoms with Gasteiger partial charge in [-0.05, 0) is 54.1 Å². The smallest absolute Gasteiger partial charge is 0.269 e. The number of nitrogens with one attached hydrogen (secondary N) is 1. The molecule has 6 heteroatoms. The van der Waals surface area contributed by atoms with Crippen LogP contribution in [-0.4, -0.2) is 14.5 Å². The first-order valence-electron chi connectivity index (χ1n) is 11.6. The number of rotatable bonds is 4. The lowest BCUT2D eigenvalue weighted by molar-refractivity contribution is -0.669. The summed E-state index contributed by atoms with van der Waals surface area (Å²) in [7, 11) is 0. The summed E-state index contributed by atoms with van der Waals surface area (Å²) in [5.41, 5.74) is 6.33. The van der Waals surface area contributed by atoms with E-state index in [1.54, 1.807) is 12.1 Å². The number of pyridine rings is 2. The molecule has 2 aliphatic heterocycles. The molecule has 6 nitrogen and oxygen atoms in total. The lowest BCUT2D eigenvalue weighted by Gasteiger charge is -2.17. The van der Waals surface area contributed by atoms with Crippen molar-refractivity contribution in [1.82, 2.24) is 9.55 Å². The highest BCUT2D eigenvalue weighted by molar-refractivity contribution is 5.86. The van der Waals surface area contributed by atoms with Gasteiger partial charge in [-0.15, -0.1) is 0 Å². The summed E-state index contributed by atoms with van der Waals surface area (Å²) in [4.78, 5) is 14.1. The number of fused-ring (bicyclic) bond motifs is 1. The molecule has 0 aliphatic carbocycles. The quantitative estimate of drug-likeness (QED) is 0.214. The molecule has 2 aliphatic rings. The Labute approximate surface area is 201 Å². The maximum atomic E-state index is 11.0. The SMILES string of the molecule is CC[n+]1c(/C=c2/ccn3cc(-c4ccc([N+](=O)[O-])cc4)[nH]c4cccc2c4-3)ccc2ccccc21. The van der Waals surface area contributed by atoms with Gasteiger partial charge in [-0.3, -0.25) is 10.1 Å². The van der Waals surface area contributed by atoms with Crippen molar-refractivity contribution in [1.29, 1.82) is 0 Å². The van der Waals surface area contributed by atoms with E-state index in [9.17, 15) is 10.1 Å². The van der Waals surface area contributed by atoms with E-state index in [1.165, 1.54) is 23.0 Å². The van der Waals surface area contributed by atoms with Gasteiger partial charge in [-0.25, -0.2) is 0 Å². The summed E-state index contributed by atoms with van der Waals surface area (Å²) < 4.78 is 4.45. The normalized spacial score (nSPS) is 12.1. The summed E-state index contributed by atoms with van der Waals surface area (Å²) in [5.74, 6) is 0. The highest BCUT2D eigenvalue weighted by Gasteiger charge is 2.15. The summed E-state index contributed by atoms with van der Waals surface area (Å²) in [6.07, 6.45) is 6.35. The minimum atomic E-state index is -0.382. The molecular weight excluding hydrogens is 436 g/mol. The predicted octanol–water partition coefficient (Wildman–Crippen LogP) is 5.54. The first-order valence-corrected chi connectivity index (χ1v) is 11.6. The largest absolute Gasteiger partial charge is 0.352 e. The van der Waals surface area contributed by atoms with E-state index in [4.69, 9.17) is 0 Å². The Morgan fingerprint density at radius 3 is 2.60 bits per heavy atom. The van der Waals surface area contributed by atoms with Gasteiger partial charge in [0.05, 0.1) is 21.8 Å². The summed E-state index contributed by atoms with van der Waals surface area (Å²) in [6, 6.07) is 27.8. The third-order valence-electron chi connectivity index (χ3n) is 6.54. The van der Waals surface area contributed by atoms with Crippen LogP contribution < -0.4 is 9.79 Å². The van der Waals surface area contributed by atoms with Crippen molar-refractivity contribution in [2.45, 2.75) is 13.5 Å². The van der Waals surface area contributed by atoms with Gasteiger partial charge < -0.3 is 9.55 Å². The van der Waals surface area contributed by atoms with Crippen molar-refractivity contribution in [2.75, 3.05) is 0 Å². The fourth-order valence-corrected chi connectivity index (χ4v) is 4.86. The number of non-ortho nitro benzene ring substituents is 1. The molecule has 0 saturated carbocycles. The van der Waals surface area contributed by atoms with Crippen LogP contribution in [0.15, 0.2) is 97.3 Å². The molecule has 3 aromatic carbocycles.